The van der Waals surface area contributed by atoms with E-state index in [4.69, 9.17) is 0 Å². The Labute approximate surface area is 118 Å². The van der Waals surface area contributed by atoms with Gasteiger partial charge in [-0.2, -0.15) is 0 Å². The average molecular weight is 289 g/mol. The molecule has 0 aliphatic carbocycles. The second-order valence-corrected chi connectivity index (χ2v) is 5.40. The number of aryl methyl sites for hydroxylation is 2. The summed E-state index contributed by atoms with van der Waals surface area (Å²) in [4.78, 5) is 16.4. The van der Waals surface area contributed by atoms with Crippen LogP contribution in [0.2, 0.25) is 0 Å². The Morgan fingerprint density at radius 3 is 2.90 bits per heavy atom. The van der Waals surface area contributed by atoms with Crippen LogP contribution in [0.25, 0.3) is 10.9 Å². The van der Waals surface area contributed by atoms with E-state index in [1.54, 1.807) is 23.7 Å². The lowest BCUT2D eigenvalue weighted by molar-refractivity contribution is 0.101. The zero-order valence-corrected chi connectivity index (χ0v) is 11.8. The highest BCUT2D eigenvalue weighted by Gasteiger charge is 2.15. The highest BCUT2D eigenvalue weighted by atomic mass is 32.1. The van der Waals surface area contributed by atoms with Crippen molar-refractivity contribution in [1.82, 2.24) is 9.55 Å². The summed E-state index contributed by atoms with van der Waals surface area (Å²) >= 11 is 1.38. The first-order valence-corrected chi connectivity index (χ1v) is 6.91. The van der Waals surface area contributed by atoms with E-state index in [9.17, 15) is 9.18 Å². The topological polar surface area (TPSA) is 46.9 Å². The molecule has 0 aliphatic heterocycles. The average Bonchev–Trinajstić information content (AvgIpc) is 2.94. The minimum atomic E-state index is -0.314. The van der Waals surface area contributed by atoms with Crippen LogP contribution in [0.3, 0.4) is 0 Å². The lowest BCUT2D eigenvalue weighted by Crippen LogP contribution is -2.15. The van der Waals surface area contributed by atoms with Gasteiger partial charge in [-0.3, -0.25) is 10.1 Å². The summed E-state index contributed by atoms with van der Waals surface area (Å²) in [5, 5.41) is 5.88. The van der Waals surface area contributed by atoms with Crippen molar-refractivity contribution in [3.8, 4) is 0 Å². The minimum absolute atomic E-state index is 0.251. The highest BCUT2D eigenvalue weighted by Crippen LogP contribution is 2.21. The molecule has 4 nitrogen and oxygen atoms in total. The first kappa shape index (κ1) is 12.8. The van der Waals surface area contributed by atoms with Gasteiger partial charge in [-0.05, 0) is 31.2 Å². The standard InChI is InChI=1S/C14H12FN3OS/c1-8-7-20-14(16-8)17-13(19)12-6-9-5-10(15)3-4-11(9)18(12)2/h3-7H,1-2H3,(H,16,17,19). The number of hydrogen-bond acceptors (Lipinski definition) is 3. The molecular weight excluding hydrogens is 277 g/mol. The van der Waals surface area contributed by atoms with Crippen molar-refractivity contribution in [3.63, 3.8) is 0 Å². The van der Waals surface area contributed by atoms with Crippen LogP contribution in [0, 0.1) is 12.7 Å². The largest absolute Gasteiger partial charge is 0.340 e. The Hall–Kier alpha value is -2.21. The maximum absolute atomic E-state index is 13.2. The van der Waals surface area contributed by atoms with Crippen molar-refractivity contribution in [1.29, 1.82) is 0 Å². The van der Waals surface area contributed by atoms with Gasteiger partial charge in [0.15, 0.2) is 5.13 Å². The number of nitrogens with one attached hydrogen (secondary N) is 1. The van der Waals surface area contributed by atoms with Gasteiger partial charge in [0.1, 0.15) is 11.5 Å². The van der Waals surface area contributed by atoms with Crippen LogP contribution < -0.4 is 5.32 Å². The summed E-state index contributed by atoms with van der Waals surface area (Å²) in [6.07, 6.45) is 0. The van der Waals surface area contributed by atoms with Crippen molar-refractivity contribution < 1.29 is 9.18 Å². The number of thiazole rings is 1. The van der Waals surface area contributed by atoms with Crippen LogP contribution in [-0.4, -0.2) is 15.5 Å². The van der Waals surface area contributed by atoms with Gasteiger partial charge in [0, 0.05) is 23.3 Å². The molecule has 102 valence electrons. The van der Waals surface area contributed by atoms with Crippen LogP contribution in [-0.2, 0) is 7.05 Å². The fourth-order valence-corrected chi connectivity index (χ4v) is 2.79. The van der Waals surface area contributed by atoms with Gasteiger partial charge in [-0.15, -0.1) is 11.3 Å². The molecule has 2 heterocycles. The number of carbonyl (C=O) groups is 1. The van der Waals surface area contributed by atoms with E-state index in [0.717, 1.165) is 11.2 Å². The molecule has 1 N–H and O–H groups in total. The third-order valence-electron chi connectivity index (χ3n) is 3.08. The van der Waals surface area contributed by atoms with E-state index in [1.165, 1.54) is 23.5 Å². The van der Waals surface area contributed by atoms with Gasteiger partial charge in [-0.25, -0.2) is 9.37 Å². The van der Waals surface area contributed by atoms with Gasteiger partial charge in [0.2, 0.25) is 0 Å². The summed E-state index contributed by atoms with van der Waals surface area (Å²) in [5.41, 5.74) is 2.15. The number of rotatable bonds is 2. The van der Waals surface area contributed by atoms with Crippen LogP contribution in [0.5, 0.6) is 0 Å². The third kappa shape index (κ3) is 2.18. The summed E-state index contributed by atoms with van der Waals surface area (Å²) in [7, 11) is 1.78. The highest BCUT2D eigenvalue weighted by molar-refractivity contribution is 7.13. The van der Waals surface area contributed by atoms with E-state index in [0.29, 0.717) is 16.2 Å². The molecule has 0 saturated carbocycles. The van der Waals surface area contributed by atoms with Gasteiger partial charge in [0.05, 0.1) is 5.69 Å². The SMILES string of the molecule is Cc1csc(NC(=O)c2cc3cc(F)ccc3n2C)n1. The van der Waals surface area contributed by atoms with Crippen molar-refractivity contribution in [2.24, 2.45) is 7.05 Å². The molecule has 0 aliphatic rings. The number of benzene rings is 1. The summed E-state index contributed by atoms with van der Waals surface area (Å²) in [6.45, 7) is 1.87. The number of anilines is 1. The van der Waals surface area contributed by atoms with Crippen LogP contribution in [0.15, 0.2) is 29.6 Å². The molecule has 6 heteroatoms. The molecule has 3 rings (SSSR count). The third-order valence-corrected chi connectivity index (χ3v) is 3.95. The Bertz CT molecular complexity index is 806. The molecule has 20 heavy (non-hydrogen) atoms. The fourth-order valence-electron chi connectivity index (χ4n) is 2.11. The predicted octanol–water partition coefficient (Wildman–Crippen LogP) is 3.33. The number of halogens is 1. The smallest absolute Gasteiger partial charge is 0.274 e. The van der Waals surface area contributed by atoms with E-state index in [2.05, 4.69) is 10.3 Å². The van der Waals surface area contributed by atoms with E-state index in [1.807, 2.05) is 12.3 Å². The molecule has 3 aromatic rings. The van der Waals surface area contributed by atoms with Crippen molar-refractivity contribution >= 4 is 33.3 Å². The maximum Gasteiger partial charge on any atom is 0.274 e. The monoisotopic (exact) mass is 289 g/mol. The quantitative estimate of drug-likeness (QED) is 0.786. The molecule has 1 amide bonds. The summed E-state index contributed by atoms with van der Waals surface area (Å²) in [5.74, 6) is -0.566. The predicted molar refractivity (Wildman–Crippen MR) is 77.7 cm³/mol. The lowest BCUT2D eigenvalue weighted by Gasteiger charge is -2.03. The molecule has 0 atom stereocenters. The van der Waals surface area contributed by atoms with Crippen LogP contribution in [0.1, 0.15) is 16.2 Å². The zero-order valence-electron chi connectivity index (χ0n) is 11.0. The Kier molecular flexibility index (Phi) is 3.02. The van der Waals surface area contributed by atoms with E-state index in [-0.39, 0.29) is 11.7 Å². The summed E-state index contributed by atoms with van der Waals surface area (Å²) in [6, 6.07) is 6.14. The van der Waals surface area contributed by atoms with Gasteiger partial charge in [-0.1, -0.05) is 0 Å². The Morgan fingerprint density at radius 1 is 1.40 bits per heavy atom. The van der Waals surface area contributed by atoms with Crippen molar-refractivity contribution in [3.05, 3.63) is 46.9 Å². The fraction of sp³-hybridized carbons (Fsp3) is 0.143. The first-order valence-electron chi connectivity index (χ1n) is 6.03. The van der Waals surface area contributed by atoms with Crippen LogP contribution in [0.4, 0.5) is 9.52 Å². The molecule has 0 radical (unpaired) electrons. The molecule has 1 aromatic carbocycles. The Balaban J connectivity index is 1.97. The molecule has 0 fully saturated rings. The number of aromatic nitrogens is 2. The van der Waals surface area contributed by atoms with Crippen molar-refractivity contribution in [2.75, 3.05) is 5.32 Å². The molecule has 0 spiro atoms. The molecular formula is C14H12FN3OS. The van der Waals surface area contributed by atoms with Crippen molar-refractivity contribution in [2.45, 2.75) is 6.92 Å². The van der Waals surface area contributed by atoms with Gasteiger partial charge >= 0.3 is 0 Å². The minimum Gasteiger partial charge on any atom is -0.340 e. The molecule has 0 unspecified atom stereocenters. The summed E-state index contributed by atoms with van der Waals surface area (Å²) < 4.78 is 15.0. The first-order chi connectivity index (χ1) is 9.54. The van der Waals surface area contributed by atoms with E-state index >= 15 is 0 Å². The molecule has 0 saturated heterocycles. The number of amides is 1. The van der Waals surface area contributed by atoms with Crippen LogP contribution >= 0.6 is 11.3 Å². The number of hydrogen-bond donors (Lipinski definition) is 1. The number of carbonyl (C=O) groups excluding carboxylic acids is 1. The lowest BCUT2D eigenvalue weighted by atomic mass is 10.2. The maximum atomic E-state index is 13.2. The zero-order chi connectivity index (χ0) is 14.3. The molecule has 0 bridgehead atoms. The second kappa shape index (κ2) is 4.72. The second-order valence-electron chi connectivity index (χ2n) is 4.54. The Morgan fingerprint density at radius 2 is 2.20 bits per heavy atom. The number of fused-ring (bicyclic) bond motifs is 1. The normalized spacial score (nSPS) is 10.9. The van der Waals surface area contributed by atoms with E-state index < -0.39 is 0 Å². The molecule has 2 aromatic heterocycles. The van der Waals surface area contributed by atoms with Gasteiger partial charge in [0.25, 0.3) is 5.91 Å². The van der Waals surface area contributed by atoms with Gasteiger partial charge < -0.3 is 4.57 Å². The number of nitrogens with zero attached hydrogens (tertiary/aromatic N) is 2.